The lowest BCUT2D eigenvalue weighted by molar-refractivity contribution is -0.274. The van der Waals surface area contributed by atoms with Gasteiger partial charge in [-0.1, -0.05) is 30.3 Å². The first-order chi connectivity index (χ1) is 18.7. The van der Waals surface area contributed by atoms with Crippen molar-refractivity contribution >= 4 is 5.91 Å². The van der Waals surface area contributed by atoms with Crippen LogP contribution in [0.15, 0.2) is 48.5 Å². The molecule has 2 aromatic carbocycles. The number of hydrogen-bond donors (Lipinski definition) is 2. The molecule has 212 valence electrons. The molecule has 2 aromatic rings. The molecule has 1 unspecified atom stereocenters. The third-order valence-corrected chi connectivity index (χ3v) is 8.52. The number of methoxy groups -OCH3 is 2. The van der Waals surface area contributed by atoms with Gasteiger partial charge in [0, 0.05) is 37.8 Å². The zero-order valence-corrected chi connectivity index (χ0v) is 22.2. The number of fused-ring (bicyclic) bond motifs is 3. The van der Waals surface area contributed by atoms with Crippen LogP contribution in [0.3, 0.4) is 0 Å². The van der Waals surface area contributed by atoms with Gasteiger partial charge >= 0.3 is 6.36 Å². The molecular weight excluding hydrogens is 513 g/mol. The molecule has 3 saturated heterocycles. The van der Waals surface area contributed by atoms with Crippen LogP contribution < -0.4 is 20.1 Å². The van der Waals surface area contributed by atoms with Crippen molar-refractivity contribution in [3.8, 4) is 11.5 Å². The predicted molar refractivity (Wildman–Crippen MR) is 138 cm³/mol. The van der Waals surface area contributed by atoms with Gasteiger partial charge < -0.3 is 29.6 Å². The molecule has 39 heavy (non-hydrogen) atoms. The molecule has 3 heterocycles. The van der Waals surface area contributed by atoms with E-state index in [1.54, 1.807) is 7.11 Å². The predicted octanol–water partition coefficient (Wildman–Crippen LogP) is 4.66. The second kappa shape index (κ2) is 11.0. The lowest BCUT2D eigenvalue weighted by Gasteiger charge is -2.50. The summed E-state index contributed by atoms with van der Waals surface area (Å²) in [7, 11) is 3.14. The van der Waals surface area contributed by atoms with Crippen molar-refractivity contribution in [2.24, 2.45) is 5.92 Å². The fourth-order valence-corrected chi connectivity index (χ4v) is 6.84. The van der Waals surface area contributed by atoms with Gasteiger partial charge in [-0.25, -0.2) is 0 Å². The van der Waals surface area contributed by atoms with Gasteiger partial charge in [0.05, 0.1) is 30.8 Å². The number of carbonyl (C=O) groups is 1. The Kier molecular flexibility index (Phi) is 7.81. The van der Waals surface area contributed by atoms with E-state index in [1.807, 2.05) is 18.2 Å². The van der Waals surface area contributed by atoms with Crippen molar-refractivity contribution in [3.05, 3.63) is 59.7 Å². The average molecular weight is 549 g/mol. The van der Waals surface area contributed by atoms with Gasteiger partial charge in [0.25, 0.3) is 0 Å². The Morgan fingerprint density at radius 2 is 1.95 bits per heavy atom. The maximum atomic E-state index is 13.3. The van der Waals surface area contributed by atoms with Crippen LogP contribution in [0.1, 0.15) is 49.1 Å². The van der Waals surface area contributed by atoms with Crippen LogP contribution in [0, 0.1) is 5.92 Å². The fourth-order valence-electron chi connectivity index (χ4n) is 6.84. The van der Waals surface area contributed by atoms with Crippen molar-refractivity contribution < 1.29 is 36.9 Å². The Morgan fingerprint density at radius 1 is 1.15 bits per heavy atom. The first kappa shape index (κ1) is 27.7. The van der Waals surface area contributed by atoms with E-state index in [9.17, 15) is 18.0 Å². The van der Waals surface area contributed by atoms with Crippen molar-refractivity contribution in [2.45, 2.75) is 61.6 Å². The standard InChI is InChI=1S/C29H35F3N2O5/c1-36-14-6-13-33-26(35)23-17-28(20-7-4-3-5-8-20)27(12-11-24(23)34-28)16-19(18-38-27)22-15-21(39-29(30,31)32)9-10-25(22)37-2/h3-5,7-10,15,19,23-24,34H,6,11-14,16-18H2,1-2H3,(H,33,35)/t19-,23?,24+,27-,28-/m1/s1. The molecule has 5 atom stereocenters. The average Bonchev–Trinajstić information content (AvgIpc) is 3.50. The Balaban J connectivity index is 1.45. The van der Waals surface area contributed by atoms with Crippen LogP contribution in [0.2, 0.25) is 0 Å². The largest absolute Gasteiger partial charge is 0.573 e. The summed E-state index contributed by atoms with van der Waals surface area (Å²) in [5, 5.41) is 6.89. The Morgan fingerprint density at radius 3 is 2.67 bits per heavy atom. The summed E-state index contributed by atoms with van der Waals surface area (Å²) in [6.45, 7) is 1.45. The van der Waals surface area contributed by atoms with E-state index in [2.05, 4.69) is 27.5 Å². The highest BCUT2D eigenvalue weighted by molar-refractivity contribution is 5.80. The lowest BCUT2D eigenvalue weighted by atomic mass is 9.67. The SMILES string of the molecule is COCCCNC(=O)C1C[C@]2(c3ccccc3)N[C@H]1CC[C@@]21C[C@@H](c2cc(OC(F)(F)F)ccc2OC)CO1. The summed E-state index contributed by atoms with van der Waals surface area (Å²) >= 11 is 0. The maximum absolute atomic E-state index is 13.3. The molecule has 3 fully saturated rings. The third-order valence-electron chi connectivity index (χ3n) is 8.52. The quantitative estimate of drug-likeness (QED) is 0.444. The smallest absolute Gasteiger partial charge is 0.496 e. The number of rotatable bonds is 9. The zero-order chi connectivity index (χ0) is 27.7. The van der Waals surface area contributed by atoms with Gasteiger partial charge in [-0.3, -0.25) is 4.79 Å². The highest BCUT2D eigenvalue weighted by Crippen LogP contribution is 2.59. The van der Waals surface area contributed by atoms with Crippen LogP contribution >= 0.6 is 0 Å². The first-order valence-corrected chi connectivity index (χ1v) is 13.4. The first-order valence-electron chi connectivity index (χ1n) is 13.4. The summed E-state index contributed by atoms with van der Waals surface area (Å²) < 4.78 is 60.4. The monoisotopic (exact) mass is 548 g/mol. The molecule has 1 spiro atoms. The van der Waals surface area contributed by atoms with Gasteiger partial charge in [0.15, 0.2) is 0 Å². The van der Waals surface area contributed by atoms with Crippen LogP contribution in [-0.2, 0) is 19.8 Å². The number of alkyl halides is 3. The van der Waals surface area contributed by atoms with Crippen molar-refractivity contribution in [3.63, 3.8) is 0 Å². The summed E-state index contributed by atoms with van der Waals surface area (Å²) in [5.41, 5.74) is 0.401. The number of amides is 1. The second-order valence-electron chi connectivity index (χ2n) is 10.7. The van der Waals surface area contributed by atoms with Crippen molar-refractivity contribution in [1.29, 1.82) is 0 Å². The molecule has 0 radical (unpaired) electrons. The molecule has 0 aliphatic carbocycles. The van der Waals surface area contributed by atoms with Gasteiger partial charge in [0.2, 0.25) is 5.91 Å². The third kappa shape index (κ3) is 5.34. The summed E-state index contributed by atoms with van der Waals surface area (Å²) in [5.74, 6) is -0.215. The number of carbonyl (C=O) groups excluding carboxylic acids is 1. The van der Waals surface area contributed by atoms with E-state index in [0.29, 0.717) is 43.9 Å². The number of ether oxygens (including phenoxy) is 4. The van der Waals surface area contributed by atoms with Crippen LogP contribution in [0.4, 0.5) is 13.2 Å². The van der Waals surface area contributed by atoms with Gasteiger partial charge in [-0.15, -0.1) is 13.2 Å². The molecular formula is C29H35F3N2O5. The number of piperidine rings is 1. The van der Waals surface area contributed by atoms with Gasteiger partial charge in [-0.05, 0) is 55.9 Å². The van der Waals surface area contributed by atoms with Gasteiger partial charge in [-0.2, -0.15) is 0 Å². The van der Waals surface area contributed by atoms with E-state index >= 15 is 0 Å². The van der Waals surface area contributed by atoms with Gasteiger partial charge in [0.1, 0.15) is 11.5 Å². The van der Waals surface area contributed by atoms with Crippen LogP contribution in [0.25, 0.3) is 0 Å². The molecule has 3 aliphatic heterocycles. The number of nitrogens with one attached hydrogen (secondary N) is 2. The van der Waals surface area contributed by atoms with Crippen LogP contribution in [-0.4, -0.2) is 57.9 Å². The number of hydrogen-bond acceptors (Lipinski definition) is 6. The van der Waals surface area contributed by atoms with Crippen molar-refractivity contribution in [2.75, 3.05) is 34.0 Å². The number of halogens is 3. The van der Waals surface area contributed by atoms with E-state index in [-0.39, 0.29) is 29.5 Å². The Hall–Kier alpha value is -2.82. The topological polar surface area (TPSA) is 78.1 Å². The molecule has 0 aromatic heterocycles. The molecule has 2 bridgehead atoms. The molecule has 5 rings (SSSR count). The van der Waals surface area contributed by atoms with E-state index < -0.39 is 17.5 Å². The highest BCUT2D eigenvalue weighted by Gasteiger charge is 2.65. The maximum Gasteiger partial charge on any atom is 0.573 e. The summed E-state index contributed by atoms with van der Waals surface area (Å²) in [6.07, 6.45) is -1.43. The molecule has 0 saturated carbocycles. The lowest BCUT2D eigenvalue weighted by Crippen LogP contribution is -2.61. The minimum Gasteiger partial charge on any atom is -0.496 e. The minimum absolute atomic E-state index is 0.000967. The normalized spacial score (nSPS) is 29.9. The fraction of sp³-hybridized carbons (Fsp3) is 0.552. The Bertz CT molecular complexity index is 1160. The van der Waals surface area contributed by atoms with E-state index in [1.165, 1.54) is 25.3 Å². The molecule has 10 heteroatoms. The summed E-state index contributed by atoms with van der Waals surface area (Å²) in [4.78, 5) is 13.3. The Labute approximate surface area is 226 Å². The molecule has 3 aliphatic rings. The minimum atomic E-state index is -4.79. The van der Waals surface area contributed by atoms with Crippen LogP contribution in [0.5, 0.6) is 11.5 Å². The highest BCUT2D eigenvalue weighted by atomic mass is 19.4. The molecule has 7 nitrogen and oxygen atoms in total. The van der Waals surface area contributed by atoms with Crippen molar-refractivity contribution in [1.82, 2.24) is 10.6 Å². The zero-order valence-electron chi connectivity index (χ0n) is 22.2. The summed E-state index contributed by atoms with van der Waals surface area (Å²) in [6, 6.07) is 14.2. The van der Waals surface area contributed by atoms with E-state index in [0.717, 1.165) is 24.8 Å². The molecule has 1 amide bonds. The second-order valence-corrected chi connectivity index (χ2v) is 10.7. The van der Waals surface area contributed by atoms with E-state index in [4.69, 9.17) is 14.2 Å². The molecule has 2 N–H and O–H groups in total. The number of benzene rings is 2.